The van der Waals surface area contributed by atoms with Gasteiger partial charge in [0.1, 0.15) is 11.6 Å². The van der Waals surface area contributed by atoms with Crippen LogP contribution in [0.5, 0.6) is 0 Å². The van der Waals surface area contributed by atoms with Gasteiger partial charge in [0.15, 0.2) is 11.6 Å². The third-order valence-corrected chi connectivity index (χ3v) is 4.40. The maximum Gasteiger partial charge on any atom is 0.317 e. The van der Waals surface area contributed by atoms with Crippen LogP contribution in [0, 0.1) is 17.5 Å². The van der Waals surface area contributed by atoms with Crippen molar-refractivity contribution in [3.63, 3.8) is 0 Å². The number of aromatic amines is 1. The number of nitrogens with zero attached hydrogens (tertiary/aromatic N) is 1. The molecule has 2 atom stereocenters. The van der Waals surface area contributed by atoms with Crippen LogP contribution in [0.1, 0.15) is 36.1 Å². The van der Waals surface area contributed by atoms with E-state index in [4.69, 9.17) is 9.63 Å². The van der Waals surface area contributed by atoms with Crippen LogP contribution in [0.15, 0.2) is 27.5 Å². The lowest BCUT2D eigenvalue weighted by molar-refractivity contribution is -0.139. The molecule has 1 fully saturated rings. The first-order valence-electron chi connectivity index (χ1n) is 7.64. The lowest BCUT2D eigenvalue weighted by Gasteiger charge is -2.38. The van der Waals surface area contributed by atoms with Crippen molar-refractivity contribution in [1.29, 1.82) is 0 Å². The molecule has 2 N–H and O–H groups in total. The Morgan fingerprint density at radius 2 is 1.96 bits per heavy atom. The number of aromatic nitrogens is 1. The van der Waals surface area contributed by atoms with Crippen LogP contribution in [-0.4, -0.2) is 34.2 Å². The number of carboxylic acids is 1. The van der Waals surface area contributed by atoms with Gasteiger partial charge in [-0.2, -0.15) is 5.16 Å². The Hall–Kier alpha value is -2.55. The molecule has 1 aromatic carbocycles. The largest absolute Gasteiger partial charge is 0.480 e. The highest BCUT2D eigenvalue weighted by Gasteiger charge is 2.35. The number of nitrogens with one attached hydrogen (secondary N) is 1. The number of likely N-dealkylation sites (tertiary alicyclic amines) is 1. The summed E-state index contributed by atoms with van der Waals surface area (Å²) in [4.78, 5) is 23.8. The van der Waals surface area contributed by atoms with Crippen LogP contribution in [0.3, 0.4) is 0 Å². The first kappa shape index (κ1) is 17.3. The minimum Gasteiger partial charge on any atom is -0.480 e. The lowest BCUT2D eigenvalue weighted by Crippen LogP contribution is -2.39. The average Bonchev–Trinajstić information content (AvgIpc) is 2.97. The zero-order valence-electron chi connectivity index (χ0n) is 13.0. The molecule has 134 valence electrons. The van der Waals surface area contributed by atoms with Crippen LogP contribution in [0.4, 0.5) is 13.2 Å². The number of rotatable bonds is 4. The van der Waals surface area contributed by atoms with Gasteiger partial charge >= 0.3 is 5.97 Å². The Morgan fingerprint density at radius 3 is 2.60 bits per heavy atom. The molecule has 2 unspecified atom stereocenters. The normalized spacial score (nSPS) is 21.4. The van der Waals surface area contributed by atoms with Crippen LogP contribution in [0.25, 0.3) is 0 Å². The van der Waals surface area contributed by atoms with Gasteiger partial charge in [-0.3, -0.25) is 14.5 Å². The number of hydrogen-bond acceptors (Lipinski definition) is 4. The Bertz CT molecular complexity index is 848. The summed E-state index contributed by atoms with van der Waals surface area (Å²) in [6, 6.07) is 1.69. The number of aliphatic carboxylic acids is 1. The molecule has 0 saturated carbocycles. The lowest BCUT2D eigenvalue weighted by atomic mass is 9.85. The molecule has 1 aliphatic rings. The summed E-state index contributed by atoms with van der Waals surface area (Å²) >= 11 is 0. The second-order valence-electron chi connectivity index (χ2n) is 6.00. The van der Waals surface area contributed by atoms with Gasteiger partial charge in [-0.25, -0.2) is 13.2 Å². The summed E-state index contributed by atoms with van der Waals surface area (Å²) in [5.74, 6) is -4.48. The highest BCUT2D eigenvalue weighted by atomic mass is 19.2. The van der Waals surface area contributed by atoms with E-state index in [0.717, 1.165) is 6.07 Å². The van der Waals surface area contributed by atoms with E-state index in [-0.39, 0.29) is 31.0 Å². The van der Waals surface area contributed by atoms with Crippen LogP contribution < -0.4 is 5.56 Å². The Morgan fingerprint density at radius 1 is 1.24 bits per heavy atom. The van der Waals surface area contributed by atoms with Crippen molar-refractivity contribution in [3.8, 4) is 0 Å². The summed E-state index contributed by atoms with van der Waals surface area (Å²) in [7, 11) is 0. The molecule has 0 bridgehead atoms. The van der Waals surface area contributed by atoms with E-state index in [1.54, 1.807) is 0 Å². The Labute approximate surface area is 139 Å². The van der Waals surface area contributed by atoms with E-state index in [1.807, 2.05) is 0 Å². The fourth-order valence-electron chi connectivity index (χ4n) is 3.25. The van der Waals surface area contributed by atoms with Crippen LogP contribution in [0.2, 0.25) is 0 Å². The van der Waals surface area contributed by atoms with Crippen molar-refractivity contribution in [2.24, 2.45) is 0 Å². The zero-order valence-corrected chi connectivity index (χ0v) is 13.0. The Kier molecular flexibility index (Phi) is 4.67. The molecule has 0 aliphatic carbocycles. The SMILES string of the molecule is O=C(O)CN1CCC(c2cc(=O)[nH]o2)CC1c1cc(F)c(F)cc1F. The van der Waals surface area contributed by atoms with Crippen LogP contribution in [-0.2, 0) is 4.79 Å². The van der Waals surface area contributed by atoms with Gasteiger partial charge in [-0.15, -0.1) is 0 Å². The third kappa shape index (κ3) is 3.60. The standard InChI is InChI=1S/C16H15F3N2O4/c17-10-5-12(19)11(18)4-9(10)13-3-8(14-6-15(22)20-25-14)1-2-21(13)7-16(23)24/h4-6,8,13H,1-3,7H2,(H,20,22)(H,23,24). The summed E-state index contributed by atoms with van der Waals surface area (Å²) in [5, 5.41) is 11.2. The van der Waals surface area contributed by atoms with Crippen molar-refractivity contribution in [2.45, 2.75) is 24.8 Å². The predicted octanol–water partition coefficient (Wildman–Crippen LogP) is 2.39. The van der Waals surface area contributed by atoms with Gasteiger partial charge < -0.3 is 9.63 Å². The van der Waals surface area contributed by atoms with Crippen molar-refractivity contribution >= 4 is 5.97 Å². The highest BCUT2D eigenvalue weighted by Crippen LogP contribution is 2.40. The molecule has 2 heterocycles. The Balaban J connectivity index is 1.95. The maximum atomic E-state index is 14.2. The zero-order chi connectivity index (χ0) is 18.1. The van der Waals surface area contributed by atoms with Gasteiger partial charge in [0.05, 0.1) is 6.54 Å². The number of H-pyrrole nitrogens is 1. The van der Waals surface area contributed by atoms with E-state index in [1.165, 1.54) is 11.0 Å². The van der Waals surface area contributed by atoms with Crippen LogP contribution >= 0.6 is 0 Å². The van der Waals surface area contributed by atoms with E-state index in [0.29, 0.717) is 18.2 Å². The monoisotopic (exact) mass is 356 g/mol. The second kappa shape index (κ2) is 6.75. The summed E-state index contributed by atoms with van der Waals surface area (Å²) in [5.41, 5.74) is -0.541. The quantitative estimate of drug-likeness (QED) is 0.822. The molecule has 9 heteroatoms. The van der Waals surface area contributed by atoms with Crippen molar-refractivity contribution in [2.75, 3.05) is 13.1 Å². The van der Waals surface area contributed by atoms with Crippen molar-refractivity contribution < 1.29 is 27.6 Å². The highest BCUT2D eigenvalue weighted by molar-refractivity contribution is 5.69. The number of piperidine rings is 1. The number of hydrogen-bond donors (Lipinski definition) is 2. The minimum absolute atomic E-state index is 0.122. The number of carboxylic acid groups (broad SMARTS) is 1. The van der Waals surface area contributed by atoms with Gasteiger partial charge in [0.2, 0.25) is 0 Å². The summed E-state index contributed by atoms with van der Waals surface area (Å²) in [6.07, 6.45) is 0.686. The van der Waals surface area contributed by atoms with Gasteiger partial charge in [-0.1, -0.05) is 0 Å². The van der Waals surface area contributed by atoms with E-state index in [2.05, 4.69) is 5.16 Å². The van der Waals surface area contributed by atoms with Gasteiger partial charge in [-0.05, 0) is 18.9 Å². The molecule has 3 rings (SSSR count). The topological polar surface area (TPSA) is 86.5 Å². The summed E-state index contributed by atoms with van der Waals surface area (Å²) < 4.78 is 46.1. The molecule has 0 amide bonds. The molecule has 1 aromatic heterocycles. The van der Waals surface area contributed by atoms with E-state index < -0.39 is 35.0 Å². The predicted molar refractivity (Wildman–Crippen MR) is 79.6 cm³/mol. The molecule has 0 radical (unpaired) electrons. The molecule has 0 spiro atoms. The number of halogens is 3. The van der Waals surface area contributed by atoms with Gasteiger partial charge in [0, 0.05) is 36.2 Å². The first-order chi connectivity index (χ1) is 11.8. The fraction of sp³-hybridized carbons (Fsp3) is 0.375. The van der Waals surface area contributed by atoms with Crippen molar-refractivity contribution in [1.82, 2.24) is 10.1 Å². The molecule has 1 aliphatic heterocycles. The maximum absolute atomic E-state index is 14.2. The second-order valence-corrected chi connectivity index (χ2v) is 6.00. The minimum atomic E-state index is -1.31. The van der Waals surface area contributed by atoms with Crippen molar-refractivity contribution in [3.05, 3.63) is 57.3 Å². The fourth-order valence-corrected chi connectivity index (χ4v) is 3.25. The molecule has 2 aromatic rings. The summed E-state index contributed by atoms with van der Waals surface area (Å²) in [6.45, 7) is -0.0954. The number of benzene rings is 1. The third-order valence-electron chi connectivity index (χ3n) is 4.40. The molecular weight excluding hydrogens is 341 g/mol. The first-order valence-corrected chi connectivity index (χ1v) is 7.64. The van der Waals surface area contributed by atoms with E-state index >= 15 is 0 Å². The average molecular weight is 356 g/mol. The smallest absolute Gasteiger partial charge is 0.317 e. The van der Waals surface area contributed by atoms with Gasteiger partial charge in [0.25, 0.3) is 5.56 Å². The number of carbonyl (C=O) groups is 1. The molecule has 1 saturated heterocycles. The molecular formula is C16H15F3N2O4. The molecule has 25 heavy (non-hydrogen) atoms. The molecule has 6 nitrogen and oxygen atoms in total. The van der Waals surface area contributed by atoms with E-state index in [9.17, 15) is 22.8 Å².